The molecule has 6 heteroatoms. The van der Waals surface area contributed by atoms with Crippen LogP contribution in [-0.4, -0.2) is 16.1 Å². The van der Waals surface area contributed by atoms with Crippen LogP contribution in [0.4, 0.5) is 10.5 Å². The summed E-state index contributed by atoms with van der Waals surface area (Å²) in [7, 11) is 0. The average molecular weight is 291 g/mol. The number of aryl methyl sites for hydroxylation is 1. The average Bonchev–Trinajstić information content (AvgIpc) is 2.82. The number of thiazole rings is 1. The minimum absolute atomic E-state index is 0.291. The Bertz CT molecular complexity index is 596. The lowest BCUT2D eigenvalue weighted by molar-refractivity contribution is 0.199. The number of hydrogen-bond donors (Lipinski definition) is 3. The Morgan fingerprint density at radius 1 is 1.50 bits per heavy atom. The molecule has 2 rings (SSSR count). The molecule has 2 aromatic rings. The molecule has 0 fully saturated rings. The van der Waals surface area contributed by atoms with E-state index in [1.165, 1.54) is 0 Å². The molecule has 0 aliphatic heterocycles. The summed E-state index contributed by atoms with van der Waals surface area (Å²) in [5.41, 5.74) is 1.41. The van der Waals surface area contributed by atoms with Gasteiger partial charge in [-0.25, -0.2) is 9.78 Å². The molecule has 1 aromatic carbocycles. The molecule has 1 unspecified atom stereocenters. The SMILES string of the molecule is Cc1cnc(CNC(=O)Nc2cccc(C(C)O)c2)s1. The van der Waals surface area contributed by atoms with Crippen molar-refractivity contribution >= 4 is 23.1 Å². The van der Waals surface area contributed by atoms with E-state index >= 15 is 0 Å². The molecule has 1 atom stereocenters. The van der Waals surface area contributed by atoms with Crippen LogP contribution in [0.15, 0.2) is 30.5 Å². The van der Waals surface area contributed by atoms with Crippen LogP contribution in [0, 0.1) is 6.92 Å². The molecule has 20 heavy (non-hydrogen) atoms. The number of aliphatic hydroxyl groups is 1. The van der Waals surface area contributed by atoms with Crippen LogP contribution in [0.5, 0.6) is 0 Å². The van der Waals surface area contributed by atoms with Gasteiger partial charge >= 0.3 is 6.03 Å². The highest BCUT2D eigenvalue weighted by atomic mass is 32.1. The zero-order valence-electron chi connectivity index (χ0n) is 11.4. The van der Waals surface area contributed by atoms with E-state index in [4.69, 9.17) is 0 Å². The van der Waals surface area contributed by atoms with E-state index in [0.29, 0.717) is 12.2 Å². The Kier molecular flexibility index (Phi) is 4.70. The van der Waals surface area contributed by atoms with Gasteiger partial charge in [-0.2, -0.15) is 0 Å². The summed E-state index contributed by atoms with van der Waals surface area (Å²) in [6.45, 7) is 4.06. The quantitative estimate of drug-likeness (QED) is 0.811. The molecule has 1 heterocycles. The molecule has 0 aliphatic rings. The van der Waals surface area contributed by atoms with Gasteiger partial charge in [0.15, 0.2) is 0 Å². The molecule has 0 aliphatic carbocycles. The number of amides is 2. The summed E-state index contributed by atoms with van der Waals surface area (Å²) < 4.78 is 0. The number of carbonyl (C=O) groups is 1. The van der Waals surface area contributed by atoms with E-state index in [1.54, 1.807) is 42.7 Å². The fourth-order valence-corrected chi connectivity index (χ4v) is 2.42. The third-order valence-electron chi connectivity index (χ3n) is 2.70. The van der Waals surface area contributed by atoms with Crippen molar-refractivity contribution in [3.8, 4) is 0 Å². The van der Waals surface area contributed by atoms with Crippen LogP contribution < -0.4 is 10.6 Å². The highest BCUT2D eigenvalue weighted by molar-refractivity contribution is 7.11. The number of aliphatic hydroxyl groups excluding tert-OH is 1. The second kappa shape index (κ2) is 6.49. The second-order valence-corrected chi connectivity index (χ2v) is 5.79. The Hall–Kier alpha value is -1.92. The monoisotopic (exact) mass is 291 g/mol. The molecule has 0 bridgehead atoms. The number of nitrogens with zero attached hydrogens (tertiary/aromatic N) is 1. The minimum atomic E-state index is -0.557. The van der Waals surface area contributed by atoms with Gasteiger partial charge in [-0.15, -0.1) is 11.3 Å². The number of aromatic nitrogens is 1. The normalized spacial score (nSPS) is 11.9. The number of urea groups is 1. The van der Waals surface area contributed by atoms with Crippen molar-refractivity contribution in [2.24, 2.45) is 0 Å². The first kappa shape index (κ1) is 14.5. The Labute approximate surface area is 121 Å². The van der Waals surface area contributed by atoms with Gasteiger partial charge in [-0.05, 0) is 31.5 Å². The van der Waals surface area contributed by atoms with Crippen LogP contribution in [0.25, 0.3) is 0 Å². The predicted octanol–water partition coefficient (Wildman–Crippen LogP) is 2.83. The van der Waals surface area contributed by atoms with E-state index in [1.807, 2.05) is 13.0 Å². The molecule has 106 valence electrons. The largest absolute Gasteiger partial charge is 0.389 e. The van der Waals surface area contributed by atoms with Gasteiger partial charge in [0.05, 0.1) is 12.6 Å². The van der Waals surface area contributed by atoms with Crippen molar-refractivity contribution in [1.29, 1.82) is 0 Å². The van der Waals surface area contributed by atoms with Gasteiger partial charge in [0.1, 0.15) is 5.01 Å². The highest BCUT2D eigenvalue weighted by Crippen LogP contribution is 2.17. The molecule has 0 spiro atoms. The Morgan fingerprint density at radius 3 is 2.95 bits per heavy atom. The lowest BCUT2D eigenvalue weighted by Gasteiger charge is -2.09. The first-order chi connectivity index (χ1) is 9.54. The van der Waals surface area contributed by atoms with Gasteiger partial charge in [0.2, 0.25) is 0 Å². The van der Waals surface area contributed by atoms with E-state index in [2.05, 4.69) is 15.6 Å². The predicted molar refractivity (Wildman–Crippen MR) is 79.8 cm³/mol. The Balaban J connectivity index is 1.89. The summed E-state index contributed by atoms with van der Waals surface area (Å²) in [6.07, 6.45) is 1.23. The smallest absolute Gasteiger partial charge is 0.319 e. The number of carbonyl (C=O) groups excluding carboxylic acids is 1. The maximum atomic E-state index is 11.8. The van der Waals surface area contributed by atoms with Crippen LogP contribution in [0.2, 0.25) is 0 Å². The summed E-state index contributed by atoms with van der Waals surface area (Å²) in [5.74, 6) is 0. The van der Waals surface area contributed by atoms with Crippen molar-refractivity contribution in [2.75, 3.05) is 5.32 Å². The van der Waals surface area contributed by atoms with Crippen molar-refractivity contribution in [3.63, 3.8) is 0 Å². The molecule has 0 saturated heterocycles. The zero-order valence-corrected chi connectivity index (χ0v) is 12.2. The van der Waals surface area contributed by atoms with Crippen molar-refractivity contribution in [2.45, 2.75) is 26.5 Å². The summed E-state index contributed by atoms with van der Waals surface area (Å²) in [5, 5.41) is 15.8. The highest BCUT2D eigenvalue weighted by Gasteiger charge is 2.06. The van der Waals surface area contributed by atoms with Crippen LogP contribution >= 0.6 is 11.3 Å². The maximum absolute atomic E-state index is 11.8. The molecule has 0 radical (unpaired) electrons. The summed E-state index contributed by atoms with van der Waals surface area (Å²) in [6, 6.07) is 6.84. The van der Waals surface area contributed by atoms with Crippen molar-refractivity contribution < 1.29 is 9.90 Å². The fourth-order valence-electron chi connectivity index (χ4n) is 1.69. The number of nitrogens with one attached hydrogen (secondary N) is 2. The lowest BCUT2D eigenvalue weighted by atomic mass is 10.1. The summed E-state index contributed by atoms with van der Waals surface area (Å²) >= 11 is 1.56. The number of hydrogen-bond acceptors (Lipinski definition) is 4. The minimum Gasteiger partial charge on any atom is -0.389 e. The van der Waals surface area contributed by atoms with Crippen LogP contribution in [0.3, 0.4) is 0 Å². The van der Waals surface area contributed by atoms with Gasteiger partial charge in [-0.3, -0.25) is 0 Å². The molecular formula is C14H17N3O2S. The number of benzene rings is 1. The molecule has 0 saturated carbocycles. The third-order valence-corrected chi connectivity index (χ3v) is 3.61. The van der Waals surface area contributed by atoms with E-state index in [9.17, 15) is 9.90 Å². The van der Waals surface area contributed by atoms with E-state index in [-0.39, 0.29) is 6.03 Å². The molecule has 3 N–H and O–H groups in total. The van der Waals surface area contributed by atoms with Crippen molar-refractivity contribution in [3.05, 3.63) is 45.9 Å². The van der Waals surface area contributed by atoms with Crippen LogP contribution in [0.1, 0.15) is 28.5 Å². The molecule has 5 nitrogen and oxygen atoms in total. The van der Waals surface area contributed by atoms with Gasteiger partial charge in [-0.1, -0.05) is 12.1 Å². The standard InChI is InChI=1S/C14H17N3O2S/c1-9-7-15-13(20-9)8-16-14(19)17-12-5-3-4-11(6-12)10(2)18/h3-7,10,18H,8H2,1-2H3,(H2,16,17,19). The third kappa shape index (κ3) is 4.04. The van der Waals surface area contributed by atoms with Gasteiger partial charge in [0.25, 0.3) is 0 Å². The van der Waals surface area contributed by atoms with Crippen LogP contribution in [-0.2, 0) is 6.54 Å². The lowest BCUT2D eigenvalue weighted by Crippen LogP contribution is -2.28. The molecule has 1 aromatic heterocycles. The maximum Gasteiger partial charge on any atom is 0.319 e. The van der Waals surface area contributed by atoms with Gasteiger partial charge < -0.3 is 15.7 Å². The number of rotatable bonds is 4. The Morgan fingerprint density at radius 2 is 2.30 bits per heavy atom. The molecule has 2 amide bonds. The van der Waals surface area contributed by atoms with E-state index < -0.39 is 6.10 Å². The van der Waals surface area contributed by atoms with Crippen molar-refractivity contribution in [1.82, 2.24) is 10.3 Å². The van der Waals surface area contributed by atoms with E-state index in [0.717, 1.165) is 15.4 Å². The first-order valence-electron chi connectivity index (χ1n) is 6.29. The summed E-state index contributed by atoms with van der Waals surface area (Å²) in [4.78, 5) is 17.1. The topological polar surface area (TPSA) is 74.2 Å². The fraction of sp³-hybridized carbons (Fsp3) is 0.286. The zero-order chi connectivity index (χ0) is 14.5. The molecular weight excluding hydrogens is 274 g/mol. The second-order valence-electron chi connectivity index (χ2n) is 4.47. The van der Waals surface area contributed by atoms with Gasteiger partial charge in [0, 0.05) is 16.8 Å². The first-order valence-corrected chi connectivity index (χ1v) is 7.10. The number of anilines is 1.